The Balaban J connectivity index is 1.59. The van der Waals surface area contributed by atoms with Crippen LogP contribution in [-0.2, 0) is 9.45 Å². The van der Waals surface area contributed by atoms with Crippen molar-refractivity contribution in [3.8, 4) is 17.2 Å². The summed E-state index contributed by atoms with van der Waals surface area (Å²) >= 11 is 0. The Bertz CT molecular complexity index is 1410. The third-order valence-corrected chi connectivity index (χ3v) is 5.32. The zero-order valence-electron chi connectivity index (χ0n) is 22.2. The highest BCUT2D eigenvalue weighted by Crippen LogP contribution is 2.29. The normalized spacial score (nSPS) is 10.5. The van der Waals surface area contributed by atoms with E-state index in [0.717, 1.165) is 0 Å². The number of ether oxygens (including phenoxy) is 3. The van der Waals surface area contributed by atoms with E-state index in [1.54, 1.807) is 37.4 Å². The number of para-hydroxylation sites is 1. The SMILES string of the molecule is COBNCCNC(=O)c1ccccc1NC(=O)/C=C/c1ccc(OC(=O)Oc2ccc([N+](=O)[O-])cc2)c(OC)c1. The van der Waals surface area contributed by atoms with Gasteiger partial charge in [-0.2, -0.15) is 0 Å². The van der Waals surface area contributed by atoms with Crippen molar-refractivity contribution in [3.63, 3.8) is 0 Å². The first-order valence-electron chi connectivity index (χ1n) is 12.2. The number of methoxy groups -OCH3 is 1. The van der Waals surface area contributed by atoms with E-state index in [1.165, 1.54) is 55.7 Å². The van der Waals surface area contributed by atoms with Crippen LogP contribution in [0.25, 0.3) is 6.08 Å². The van der Waals surface area contributed by atoms with Crippen molar-refractivity contribution in [2.45, 2.75) is 0 Å². The molecule has 2 amide bonds. The molecule has 0 saturated heterocycles. The van der Waals surface area contributed by atoms with Crippen LogP contribution in [0.3, 0.4) is 0 Å². The standard InChI is InChI=1S/C27H27BN4O9/c1-38-24-17-18(7-13-23(24)41-27(35)40-20-11-9-19(10-12-20)32(36)37)8-14-25(33)31-22-6-4-3-5-21(22)26(34)29-15-16-30-28-39-2/h3-14,17,28,30H,15-16H2,1-2H3,(H,29,34)(H,31,33)/b14-8+. The first kappa shape index (κ1) is 30.3. The van der Waals surface area contributed by atoms with Crippen molar-refractivity contribution in [1.29, 1.82) is 0 Å². The number of nitrogens with zero attached hydrogens (tertiary/aromatic N) is 1. The second-order valence-corrected chi connectivity index (χ2v) is 8.17. The van der Waals surface area contributed by atoms with E-state index < -0.39 is 17.0 Å². The highest BCUT2D eigenvalue weighted by molar-refractivity contribution is 6.23. The fourth-order valence-corrected chi connectivity index (χ4v) is 3.39. The number of anilines is 1. The van der Waals surface area contributed by atoms with Gasteiger partial charge in [-0.1, -0.05) is 18.2 Å². The molecule has 14 heteroatoms. The van der Waals surface area contributed by atoms with Gasteiger partial charge in [0.1, 0.15) is 5.75 Å². The molecule has 3 aromatic rings. The highest BCUT2D eigenvalue weighted by atomic mass is 16.7. The molecule has 0 radical (unpaired) electrons. The van der Waals surface area contributed by atoms with E-state index in [1.807, 2.05) is 0 Å². The Morgan fingerprint density at radius 2 is 1.71 bits per heavy atom. The molecule has 0 aromatic heterocycles. The number of non-ortho nitro benzene ring substituents is 1. The predicted octanol–water partition coefficient (Wildman–Crippen LogP) is 3.07. The van der Waals surface area contributed by atoms with E-state index >= 15 is 0 Å². The molecule has 41 heavy (non-hydrogen) atoms. The maximum atomic E-state index is 12.6. The van der Waals surface area contributed by atoms with Crippen molar-refractivity contribution >= 4 is 43.0 Å². The number of benzene rings is 3. The number of carbonyl (C=O) groups is 3. The molecule has 0 aliphatic rings. The first-order chi connectivity index (χ1) is 19.8. The van der Waals surface area contributed by atoms with Crippen molar-refractivity contribution in [2.24, 2.45) is 0 Å². The molecule has 3 rings (SSSR count). The van der Waals surface area contributed by atoms with Gasteiger partial charge >= 0.3 is 13.8 Å². The lowest BCUT2D eigenvalue weighted by Gasteiger charge is -2.11. The number of amides is 2. The van der Waals surface area contributed by atoms with Gasteiger partial charge in [0.25, 0.3) is 11.6 Å². The lowest BCUT2D eigenvalue weighted by atomic mass is 10.1. The van der Waals surface area contributed by atoms with Crippen molar-refractivity contribution in [2.75, 3.05) is 32.6 Å². The van der Waals surface area contributed by atoms with Crippen LogP contribution >= 0.6 is 0 Å². The first-order valence-corrected chi connectivity index (χ1v) is 12.2. The summed E-state index contributed by atoms with van der Waals surface area (Å²) in [7, 11) is 3.30. The summed E-state index contributed by atoms with van der Waals surface area (Å²) in [6.45, 7) is 0.895. The Morgan fingerprint density at radius 1 is 0.951 bits per heavy atom. The molecule has 0 atom stereocenters. The van der Waals surface area contributed by atoms with Crippen molar-refractivity contribution in [1.82, 2.24) is 10.5 Å². The zero-order valence-corrected chi connectivity index (χ0v) is 22.2. The average Bonchev–Trinajstić information content (AvgIpc) is 2.97. The van der Waals surface area contributed by atoms with Gasteiger partial charge in [0.15, 0.2) is 11.5 Å². The average molecular weight is 562 g/mol. The summed E-state index contributed by atoms with van der Waals surface area (Å²) in [6, 6.07) is 16.1. The lowest BCUT2D eigenvalue weighted by Crippen LogP contribution is -2.34. The Kier molecular flexibility index (Phi) is 11.4. The Labute approximate surface area is 235 Å². The molecular formula is C27H27BN4O9. The van der Waals surface area contributed by atoms with Crippen molar-refractivity contribution < 1.29 is 38.2 Å². The van der Waals surface area contributed by atoms with Gasteiger partial charge in [0, 0.05) is 38.4 Å². The smallest absolute Gasteiger partial charge is 0.493 e. The minimum absolute atomic E-state index is 0.0540. The fraction of sp³-hybridized carbons (Fsp3) is 0.148. The minimum atomic E-state index is -1.08. The van der Waals surface area contributed by atoms with Gasteiger partial charge in [-0.3, -0.25) is 19.7 Å². The van der Waals surface area contributed by atoms with E-state index in [9.17, 15) is 24.5 Å². The zero-order chi connectivity index (χ0) is 29.6. The van der Waals surface area contributed by atoms with E-state index in [4.69, 9.17) is 18.9 Å². The number of nitrogens with one attached hydrogen (secondary N) is 3. The number of hydrogen-bond acceptors (Lipinski definition) is 10. The monoisotopic (exact) mass is 562 g/mol. The van der Waals surface area contributed by atoms with Gasteiger partial charge in [0.05, 0.1) is 23.3 Å². The van der Waals surface area contributed by atoms with E-state index in [-0.39, 0.29) is 28.8 Å². The maximum absolute atomic E-state index is 12.6. The van der Waals surface area contributed by atoms with Crippen LogP contribution in [0.15, 0.2) is 72.8 Å². The minimum Gasteiger partial charge on any atom is -0.493 e. The molecule has 0 aliphatic heterocycles. The summed E-state index contributed by atoms with van der Waals surface area (Å²) in [5, 5.41) is 19.2. The molecule has 0 aliphatic carbocycles. The molecule has 0 bridgehead atoms. The Hall–Kier alpha value is -5.21. The molecule has 0 unspecified atom stereocenters. The molecule has 3 aromatic carbocycles. The second-order valence-electron chi connectivity index (χ2n) is 8.17. The van der Waals surface area contributed by atoms with Gasteiger partial charge < -0.3 is 34.7 Å². The second kappa shape index (κ2) is 15.4. The van der Waals surface area contributed by atoms with E-state index in [0.29, 0.717) is 37.5 Å². The Morgan fingerprint density at radius 3 is 2.41 bits per heavy atom. The van der Waals surface area contributed by atoms with Crippen LogP contribution in [0.5, 0.6) is 17.2 Å². The number of carbonyl (C=O) groups excluding carboxylic acids is 3. The molecule has 3 N–H and O–H groups in total. The number of hydrogen-bond donors (Lipinski definition) is 3. The van der Waals surface area contributed by atoms with Gasteiger partial charge in [-0.25, -0.2) is 4.79 Å². The molecule has 0 saturated carbocycles. The van der Waals surface area contributed by atoms with Crippen molar-refractivity contribution in [3.05, 3.63) is 94.0 Å². The summed E-state index contributed by atoms with van der Waals surface area (Å²) in [5.74, 6) is -0.508. The fourth-order valence-electron chi connectivity index (χ4n) is 3.39. The molecule has 0 heterocycles. The summed E-state index contributed by atoms with van der Waals surface area (Å²) in [5.41, 5.74) is 1.06. The number of nitro benzene ring substituents is 1. The largest absolute Gasteiger partial charge is 0.519 e. The maximum Gasteiger partial charge on any atom is 0.519 e. The van der Waals surface area contributed by atoms with E-state index in [2.05, 4.69) is 15.9 Å². The third-order valence-electron chi connectivity index (χ3n) is 5.32. The topological polar surface area (TPSA) is 167 Å². The third kappa shape index (κ3) is 9.49. The van der Waals surface area contributed by atoms with Crippen LogP contribution < -0.4 is 30.1 Å². The van der Waals surface area contributed by atoms with Gasteiger partial charge in [-0.05, 0) is 48.0 Å². The summed E-state index contributed by atoms with van der Waals surface area (Å²) < 4.78 is 20.4. The molecule has 212 valence electrons. The summed E-state index contributed by atoms with van der Waals surface area (Å²) in [4.78, 5) is 47.5. The summed E-state index contributed by atoms with van der Waals surface area (Å²) in [6.07, 6.45) is 1.72. The van der Waals surface area contributed by atoms with Gasteiger partial charge in [0.2, 0.25) is 5.91 Å². The lowest BCUT2D eigenvalue weighted by molar-refractivity contribution is -0.384. The quantitative estimate of drug-likeness (QED) is 0.0536. The van der Waals surface area contributed by atoms with Crippen LogP contribution in [0.4, 0.5) is 16.2 Å². The number of nitro groups is 1. The van der Waals surface area contributed by atoms with Crippen LogP contribution in [0.1, 0.15) is 15.9 Å². The molecular weight excluding hydrogens is 535 g/mol. The number of rotatable bonds is 13. The highest BCUT2D eigenvalue weighted by Gasteiger charge is 2.15. The molecule has 13 nitrogen and oxygen atoms in total. The molecule has 0 spiro atoms. The van der Waals surface area contributed by atoms with Crippen LogP contribution in [0, 0.1) is 10.1 Å². The van der Waals surface area contributed by atoms with Gasteiger partial charge in [-0.15, -0.1) is 0 Å². The van der Waals surface area contributed by atoms with Crippen LogP contribution in [0.2, 0.25) is 0 Å². The van der Waals surface area contributed by atoms with Crippen LogP contribution in [-0.4, -0.2) is 57.8 Å². The predicted molar refractivity (Wildman–Crippen MR) is 151 cm³/mol. The molecule has 0 fully saturated rings.